The molecule has 0 aliphatic heterocycles. The highest BCUT2D eigenvalue weighted by atomic mass is 35.5. The van der Waals surface area contributed by atoms with Crippen molar-refractivity contribution in [2.75, 3.05) is 0 Å². The number of nitrogens with zero attached hydrogens (tertiary/aromatic N) is 1. The molecule has 8 heteroatoms. The lowest BCUT2D eigenvalue weighted by atomic mass is 10.0. The van der Waals surface area contributed by atoms with Gasteiger partial charge in [0.15, 0.2) is 0 Å². The van der Waals surface area contributed by atoms with E-state index >= 15 is 0 Å². The fourth-order valence-corrected chi connectivity index (χ4v) is 2.72. The van der Waals surface area contributed by atoms with Crippen LogP contribution in [-0.4, -0.2) is 29.2 Å². The number of amides is 2. The molecule has 0 fully saturated rings. The molecule has 0 bridgehead atoms. The smallest absolute Gasteiger partial charge is 0.262 e. The molecule has 0 aromatic heterocycles. The Hall–Kier alpha value is -2.57. The molecular weight excluding hydrogens is 389 g/mol. The van der Waals surface area contributed by atoms with E-state index in [0.717, 1.165) is 0 Å². The van der Waals surface area contributed by atoms with Crippen LogP contribution in [0.15, 0.2) is 47.6 Å². The Morgan fingerprint density at radius 1 is 1.11 bits per heavy atom. The monoisotopic (exact) mass is 407 g/mol. The molecule has 142 valence electrons. The van der Waals surface area contributed by atoms with Crippen molar-refractivity contribution in [3.63, 3.8) is 0 Å². The molecule has 0 heterocycles. The van der Waals surface area contributed by atoms with Crippen molar-refractivity contribution < 1.29 is 14.7 Å². The molecule has 0 saturated heterocycles. The van der Waals surface area contributed by atoms with E-state index in [-0.39, 0.29) is 22.3 Å². The molecule has 6 nitrogen and oxygen atoms in total. The number of nitrogens with one attached hydrogen (secondary N) is 2. The standard InChI is InChI=1S/C19H19Cl2N3O3/c1-11(2)17(23-18(26)15-8-5-13(20)9-16(15)21)19(27)24-22-10-12-3-6-14(25)7-4-12/h3-11,17,25H,1-2H3,(H,23,26)(H,24,27)/b22-10+. The lowest BCUT2D eigenvalue weighted by Gasteiger charge is -2.20. The van der Waals surface area contributed by atoms with E-state index in [0.29, 0.717) is 10.6 Å². The number of rotatable bonds is 6. The van der Waals surface area contributed by atoms with E-state index in [1.807, 2.05) is 0 Å². The first-order valence-corrected chi connectivity index (χ1v) is 8.91. The van der Waals surface area contributed by atoms with Gasteiger partial charge in [0.05, 0.1) is 16.8 Å². The summed E-state index contributed by atoms with van der Waals surface area (Å²) in [5.74, 6) is -0.977. The van der Waals surface area contributed by atoms with Crippen LogP contribution in [0.3, 0.4) is 0 Å². The number of aromatic hydroxyl groups is 1. The van der Waals surface area contributed by atoms with Gasteiger partial charge >= 0.3 is 0 Å². The van der Waals surface area contributed by atoms with Crippen LogP contribution in [0, 0.1) is 5.92 Å². The van der Waals surface area contributed by atoms with Crippen molar-refractivity contribution in [3.05, 3.63) is 63.6 Å². The number of carbonyl (C=O) groups excluding carboxylic acids is 2. The van der Waals surface area contributed by atoms with Crippen LogP contribution in [0.5, 0.6) is 5.75 Å². The van der Waals surface area contributed by atoms with E-state index in [1.54, 1.807) is 32.0 Å². The molecule has 0 spiro atoms. The molecule has 2 rings (SSSR count). The van der Waals surface area contributed by atoms with Gasteiger partial charge in [-0.05, 0) is 53.9 Å². The SMILES string of the molecule is CC(C)C(NC(=O)c1ccc(Cl)cc1Cl)C(=O)N/N=C/c1ccc(O)cc1. The van der Waals surface area contributed by atoms with Gasteiger partial charge in [-0.2, -0.15) is 5.10 Å². The van der Waals surface area contributed by atoms with Crippen LogP contribution in [0.4, 0.5) is 0 Å². The lowest BCUT2D eigenvalue weighted by molar-refractivity contribution is -0.123. The second kappa shape index (κ2) is 9.39. The Morgan fingerprint density at radius 2 is 1.78 bits per heavy atom. The second-order valence-electron chi connectivity index (χ2n) is 6.15. The predicted octanol–water partition coefficient (Wildman–Crippen LogP) is 3.60. The molecule has 0 saturated carbocycles. The minimum Gasteiger partial charge on any atom is -0.508 e. The lowest BCUT2D eigenvalue weighted by Crippen LogP contribution is -2.48. The maximum atomic E-state index is 12.4. The Morgan fingerprint density at radius 3 is 2.37 bits per heavy atom. The summed E-state index contributed by atoms with van der Waals surface area (Å²) in [7, 11) is 0. The van der Waals surface area contributed by atoms with Crippen molar-refractivity contribution in [2.45, 2.75) is 19.9 Å². The minimum atomic E-state index is -0.804. The van der Waals surface area contributed by atoms with Gasteiger partial charge in [-0.15, -0.1) is 0 Å². The summed E-state index contributed by atoms with van der Waals surface area (Å²) >= 11 is 11.9. The zero-order valence-electron chi connectivity index (χ0n) is 14.7. The van der Waals surface area contributed by atoms with Gasteiger partial charge in [0.25, 0.3) is 11.8 Å². The van der Waals surface area contributed by atoms with Crippen molar-refractivity contribution in [3.8, 4) is 5.75 Å². The van der Waals surface area contributed by atoms with Crippen LogP contribution in [-0.2, 0) is 4.79 Å². The average molecular weight is 408 g/mol. The minimum absolute atomic E-state index is 0.139. The Balaban J connectivity index is 2.04. The quantitative estimate of drug-likeness (QED) is 0.504. The molecule has 0 aliphatic carbocycles. The maximum absolute atomic E-state index is 12.4. The predicted molar refractivity (Wildman–Crippen MR) is 106 cm³/mol. The van der Waals surface area contributed by atoms with Gasteiger partial charge < -0.3 is 10.4 Å². The average Bonchev–Trinajstić information content (AvgIpc) is 2.60. The summed E-state index contributed by atoms with van der Waals surface area (Å²) in [6.45, 7) is 3.61. The van der Waals surface area contributed by atoms with Crippen LogP contribution < -0.4 is 10.7 Å². The van der Waals surface area contributed by atoms with Gasteiger partial charge in [-0.3, -0.25) is 9.59 Å². The van der Waals surface area contributed by atoms with Gasteiger partial charge in [0.2, 0.25) is 0 Å². The first kappa shape index (κ1) is 20.7. The molecule has 2 amide bonds. The molecule has 0 radical (unpaired) electrons. The largest absolute Gasteiger partial charge is 0.508 e. The van der Waals surface area contributed by atoms with Crippen molar-refractivity contribution >= 4 is 41.2 Å². The number of hydrogen-bond acceptors (Lipinski definition) is 4. The van der Waals surface area contributed by atoms with Crippen molar-refractivity contribution in [1.29, 1.82) is 0 Å². The molecule has 0 aliphatic rings. The van der Waals surface area contributed by atoms with Crippen LogP contribution in [0.1, 0.15) is 29.8 Å². The number of hydrogen-bond donors (Lipinski definition) is 3. The third-order valence-corrected chi connectivity index (χ3v) is 4.24. The van der Waals surface area contributed by atoms with Crippen molar-refractivity contribution in [2.24, 2.45) is 11.0 Å². The topological polar surface area (TPSA) is 90.8 Å². The highest BCUT2D eigenvalue weighted by Crippen LogP contribution is 2.21. The molecule has 2 aromatic rings. The van der Waals surface area contributed by atoms with Crippen LogP contribution in [0.25, 0.3) is 0 Å². The Bertz CT molecular complexity index is 852. The molecule has 27 heavy (non-hydrogen) atoms. The summed E-state index contributed by atoms with van der Waals surface area (Å²) in [4.78, 5) is 24.8. The zero-order valence-corrected chi connectivity index (χ0v) is 16.3. The summed E-state index contributed by atoms with van der Waals surface area (Å²) < 4.78 is 0. The van der Waals surface area contributed by atoms with Crippen LogP contribution in [0.2, 0.25) is 10.0 Å². The summed E-state index contributed by atoms with van der Waals surface area (Å²) in [5.41, 5.74) is 3.34. The van der Waals surface area contributed by atoms with Crippen LogP contribution >= 0.6 is 23.2 Å². The summed E-state index contributed by atoms with van der Waals surface area (Å²) in [5, 5.41) is 16.4. The fourth-order valence-electron chi connectivity index (χ4n) is 2.23. The van der Waals surface area contributed by atoms with Crippen molar-refractivity contribution in [1.82, 2.24) is 10.7 Å². The first-order chi connectivity index (χ1) is 12.8. The third-order valence-electron chi connectivity index (χ3n) is 3.69. The summed E-state index contributed by atoms with van der Waals surface area (Å²) in [6.07, 6.45) is 1.44. The molecular formula is C19H19Cl2N3O3. The first-order valence-electron chi connectivity index (χ1n) is 8.16. The number of phenols is 1. The van der Waals surface area contributed by atoms with E-state index in [2.05, 4.69) is 15.8 Å². The third kappa shape index (κ3) is 5.98. The molecule has 1 atom stereocenters. The highest BCUT2D eigenvalue weighted by molar-refractivity contribution is 6.36. The number of hydrazone groups is 1. The van der Waals surface area contributed by atoms with E-state index in [1.165, 1.54) is 30.5 Å². The maximum Gasteiger partial charge on any atom is 0.262 e. The van der Waals surface area contributed by atoms with Gasteiger partial charge in [0, 0.05) is 5.02 Å². The molecule has 3 N–H and O–H groups in total. The molecule has 1 unspecified atom stereocenters. The van der Waals surface area contributed by atoms with Gasteiger partial charge in [0.1, 0.15) is 11.8 Å². The van der Waals surface area contributed by atoms with Gasteiger partial charge in [-0.1, -0.05) is 37.0 Å². The number of halogens is 2. The normalized spacial score (nSPS) is 12.2. The number of phenolic OH excluding ortho intramolecular Hbond substituents is 1. The fraction of sp³-hybridized carbons (Fsp3) is 0.211. The van der Waals surface area contributed by atoms with E-state index in [4.69, 9.17) is 23.2 Å². The zero-order chi connectivity index (χ0) is 20.0. The number of benzene rings is 2. The highest BCUT2D eigenvalue weighted by Gasteiger charge is 2.25. The van der Waals surface area contributed by atoms with Gasteiger partial charge in [-0.25, -0.2) is 5.43 Å². The Labute approximate surface area is 167 Å². The second-order valence-corrected chi connectivity index (χ2v) is 6.99. The van der Waals surface area contributed by atoms with E-state index < -0.39 is 17.9 Å². The summed E-state index contributed by atoms with van der Waals surface area (Å²) in [6, 6.07) is 10.0. The Kier molecular flexibility index (Phi) is 7.21. The molecule has 2 aromatic carbocycles. The van der Waals surface area contributed by atoms with E-state index in [9.17, 15) is 14.7 Å². The number of carbonyl (C=O) groups is 2.